The molecule has 2 atom stereocenters. The van der Waals surface area contributed by atoms with Gasteiger partial charge in [0, 0.05) is 32.0 Å². The van der Waals surface area contributed by atoms with Gasteiger partial charge in [-0.3, -0.25) is 9.59 Å². The summed E-state index contributed by atoms with van der Waals surface area (Å²) in [6, 6.07) is 8.18. The molecule has 1 fully saturated rings. The third-order valence-corrected chi connectivity index (χ3v) is 6.73. The molecule has 0 spiro atoms. The topological polar surface area (TPSA) is 122 Å². The van der Waals surface area contributed by atoms with Crippen molar-refractivity contribution in [2.45, 2.75) is 44.2 Å². The van der Waals surface area contributed by atoms with E-state index in [1.807, 2.05) is 24.3 Å². The van der Waals surface area contributed by atoms with Gasteiger partial charge in [-0.25, -0.2) is 13.6 Å². The van der Waals surface area contributed by atoms with Gasteiger partial charge in [0.05, 0.1) is 18.2 Å². The summed E-state index contributed by atoms with van der Waals surface area (Å²) >= 11 is 0. The number of nitrogens with zero attached hydrogens (tertiary/aromatic N) is 1. The van der Waals surface area contributed by atoms with Crippen LogP contribution in [0.25, 0.3) is 5.57 Å². The fraction of sp³-hybridized carbons (Fsp3) is 0.370. The van der Waals surface area contributed by atoms with Crippen molar-refractivity contribution < 1.29 is 37.4 Å². The van der Waals surface area contributed by atoms with Crippen molar-refractivity contribution in [3.05, 3.63) is 70.5 Å². The molecule has 0 aliphatic carbocycles. The van der Waals surface area contributed by atoms with E-state index in [1.165, 1.54) is 0 Å². The van der Waals surface area contributed by atoms with Gasteiger partial charge in [0.15, 0.2) is 17.4 Å². The molecule has 2 aliphatic heterocycles. The third-order valence-electron chi connectivity index (χ3n) is 6.73. The van der Waals surface area contributed by atoms with Crippen LogP contribution in [0.3, 0.4) is 0 Å². The molecule has 2 aromatic rings. The molecule has 2 aromatic carbocycles. The van der Waals surface area contributed by atoms with E-state index in [2.05, 4.69) is 5.32 Å². The number of carboxylic acids is 1. The normalized spacial score (nSPS) is 18.9. The summed E-state index contributed by atoms with van der Waals surface area (Å²) in [6.07, 6.45) is 1.30. The predicted octanol–water partition coefficient (Wildman–Crippen LogP) is 2.79. The number of carboxylic acid groups (broad SMARTS) is 1. The van der Waals surface area contributed by atoms with Crippen molar-refractivity contribution in [2.75, 3.05) is 19.7 Å². The zero-order valence-corrected chi connectivity index (χ0v) is 20.5. The average Bonchev–Trinajstić information content (AvgIpc) is 2.88. The summed E-state index contributed by atoms with van der Waals surface area (Å²) in [7, 11) is 0. The number of amides is 2. The van der Waals surface area contributed by atoms with Crippen LogP contribution < -0.4 is 15.8 Å². The largest absolute Gasteiger partial charge is 0.488 e. The molecular weight excluding hydrogens is 503 g/mol. The quantitative estimate of drug-likeness (QED) is 0.320. The minimum absolute atomic E-state index is 0.00757. The van der Waals surface area contributed by atoms with E-state index in [1.54, 1.807) is 4.90 Å². The van der Waals surface area contributed by atoms with Crippen LogP contribution in [0.1, 0.15) is 36.8 Å². The Morgan fingerprint density at radius 1 is 1.03 bits per heavy atom. The molecule has 4 rings (SSSR count). The highest BCUT2D eigenvalue weighted by Gasteiger charge is 2.39. The van der Waals surface area contributed by atoms with Crippen LogP contribution in [0.2, 0.25) is 0 Å². The van der Waals surface area contributed by atoms with E-state index in [-0.39, 0.29) is 43.5 Å². The second kappa shape index (κ2) is 11.7. The molecule has 0 saturated carbocycles. The number of hydrogen-bond donors (Lipinski definition) is 3. The van der Waals surface area contributed by atoms with Gasteiger partial charge in [-0.1, -0.05) is 24.3 Å². The van der Waals surface area contributed by atoms with E-state index < -0.39 is 41.1 Å². The summed E-state index contributed by atoms with van der Waals surface area (Å²) in [5, 5.41) is 13.3. The number of primary amides is 1. The summed E-state index contributed by atoms with van der Waals surface area (Å²) in [5.41, 5.74) is 7.71. The average molecular weight is 532 g/mol. The number of fused-ring (bicyclic) bond motifs is 2. The Bertz CT molecular complexity index is 1270. The Morgan fingerprint density at radius 3 is 2.42 bits per heavy atom. The second-order valence-electron chi connectivity index (χ2n) is 9.40. The predicted molar refractivity (Wildman–Crippen MR) is 131 cm³/mol. The van der Waals surface area contributed by atoms with Crippen LogP contribution in [0, 0.1) is 17.5 Å². The molecule has 2 heterocycles. The molecule has 2 aliphatic rings. The molecule has 1 unspecified atom stereocenters. The molecule has 11 heteroatoms. The van der Waals surface area contributed by atoms with Crippen LogP contribution in [-0.4, -0.2) is 59.6 Å². The van der Waals surface area contributed by atoms with Gasteiger partial charge >= 0.3 is 5.97 Å². The Balaban J connectivity index is 1.40. The lowest BCUT2D eigenvalue weighted by atomic mass is 9.83. The van der Waals surface area contributed by atoms with Crippen LogP contribution >= 0.6 is 0 Å². The monoisotopic (exact) mass is 531 g/mol. The number of carbonyl (C=O) groups excluding carboxylic acids is 2. The van der Waals surface area contributed by atoms with Gasteiger partial charge in [-0.15, -0.1) is 0 Å². The fourth-order valence-corrected chi connectivity index (χ4v) is 4.92. The smallest absolute Gasteiger partial charge is 0.333 e. The molecule has 202 valence electrons. The van der Waals surface area contributed by atoms with Crippen molar-refractivity contribution in [3.63, 3.8) is 0 Å². The number of ether oxygens (including phenoxy) is 1. The summed E-state index contributed by atoms with van der Waals surface area (Å²) < 4.78 is 45.8. The number of benzene rings is 2. The highest BCUT2D eigenvalue weighted by atomic mass is 19.2. The highest BCUT2D eigenvalue weighted by Crippen LogP contribution is 2.33. The molecule has 0 radical (unpaired) electrons. The molecule has 1 saturated heterocycles. The first-order chi connectivity index (χ1) is 18.1. The van der Waals surface area contributed by atoms with Gasteiger partial charge in [0.25, 0.3) is 0 Å². The fourth-order valence-electron chi connectivity index (χ4n) is 4.92. The van der Waals surface area contributed by atoms with Crippen molar-refractivity contribution in [1.29, 1.82) is 0 Å². The Labute approximate surface area is 217 Å². The number of nitrogens with one attached hydrogen (secondary N) is 1. The number of piperazine rings is 1. The van der Waals surface area contributed by atoms with E-state index in [0.717, 1.165) is 17.2 Å². The first kappa shape index (κ1) is 27.2. The van der Waals surface area contributed by atoms with Gasteiger partial charge in [-0.05, 0) is 48.1 Å². The maximum atomic E-state index is 13.7. The number of aliphatic carboxylic acids is 1. The van der Waals surface area contributed by atoms with Gasteiger partial charge in [0.2, 0.25) is 17.6 Å². The molecule has 8 nitrogen and oxygen atoms in total. The van der Waals surface area contributed by atoms with Crippen LogP contribution in [0.5, 0.6) is 5.75 Å². The minimum atomic E-state index is -1.36. The number of nitrogens with two attached hydrogens (primary N) is 1. The zero-order chi connectivity index (χ0) is 27.4. The number of aryl methyl sites for hydroxylation is 1. The van der Waals surface area contributed by atoms with Crippen molar-refractivity contribution in [1.82, 2.24) is 10.2 Å². The summed E-state index contributed by atoms with van der Waals surface area (Å²) in [6.45, 7) is 0.565. The maximum Gasteiger partial charge on any atom is 0.333 e. The van der Waals surface area contributed by atoms with Gasteiger partial charge in [-0.2, -0.15) is 4.39 Å². The summed E-state index contributed by atoms with van der Waals surface area (Å²) in [4.78, 5) is 37.3. The van der Waals surface area contributed by atoms with E-state index >= 15 is 0 Å². The van der Waals surface area contributed by atoms with Crippen molar-refractivity contribution in [2.24, 2.45) is 5.73 Å². The number of carbonyl (C=O) groups is 3. The lowest BCUT2D eigenvalue weighted by Gasteiger charge is -2.43. The third kappa shape index (κ3) is 6.16. The van der Waals surface area contributed by atoms with E-state index in [9.17, 15) is 32.7 Å². The maximum absolute atomic E-state index is 13.7. The number of halogens is 3. The van der Waals surface area contributed by atoms with Crippen LogP contribution in [0.4, 0.5) is 13.2 Å². The molecule has 4 N–H and O–H groups in total. The van der Waals surface area contributed by atoms with Crippen LogP contribution in [-0.2, 0) is 20.8 Å². The Hall–Kier alpha value is -3.86. The lowest BCUT2D eigenvalue weighted by molar-refractivity contribution is -0.136. The second-order valence-corrected chi connectivity index (χ2v) is 9.40. The Morgan fingerprint density at radius 2 is 1.74 bits per heavy atom. The molecular formula is C27H28F3N3O5. The number of rotatable bonds is 10. The van der Waals surface area contributed by atoms with Gasteiger partial charge in [0.1, 0.15) is 0 Å². The first-order valence-corrected chi connectivity index (χ1v) is 12.3. The molecule has 38 heavy (non-hydrogen) atoms. The highest BCUT2D eigenvalue weighted by molar-refractivity contribution is 5.99. The van der Waals surface area contributed by atoms with E-state index in [0.29, 0.717) is 37.4 Å². The lowest BCUT2D eigenvalue weighted by Crippen LogP contribution is -2.61. The molecule has 0 aromatic heterocycles. The zero-order valence-electron chi connectivity index (χ0n) is 20.5. The van der Waals surface area contributed by atoms with E-state index in [4.69, 9.17) is 10.5 Å². The molecule has 2 amide bonds. The van der Waals surface area contributed by atoms with Gasteiger partial charge < -0.3 is 25.8 Å². The minimum Gasteiger partial charge on any atom is -0.488 e. The summed E-state index contributed by atoms with van der Waals surface area (Å²) in [5.74, 6) is -6.12. The number of hydrogen-bond acceptors (Lipinski definition) is 5. The SMILES string of the molecule is NC(=O)CCC(=O)N1CC2CC(c3ccc(CCCOc4c(F)ccc(F)c4F)cc3)=C(C(=O)O)[C@@H](C1)N2. The van der Waals surface area contributed by atoms with Crippen LogP contribution in [0.15, 0.2) is 42.0 Å². The standard InChI is InChI=1S/C27H28F3N3O5/c28-19-7-8-20(29)26(25(19)30)38-11-1-2-15-3-5-16(6-4-15)18-12-17-13-33(23(35)10-9-22(31)34)14-21(32-17)24(18)27(36)37/h3-8,17,21,32H,1-2,9-14H2,(H2,31,34)(H,36,37)/t17?,21-/m1/s1. The Kier molecular flexibility index (Phi) is 8.35. The first-order valence-electron chi connectivity index (χ1n) is 12.3. The molecule has 2 bridgehead atoms. The van der Waals surface area contributed by atoms with Crippen molar-refractivity contribution >= 4 is 23.4 Å². The van der Waals surface area contributed by atoms with Crippen molar-refractivity contribution in [3.8, 4) is 5.75 Å².